The molecule has 0 heterocycles. The van der Waals surface area contributed by atoms with Gasteiger partial charge in [0.1, 0.15) is 11.8 Å². The molecule has 0 aliphatic carbocycles. The summed E-state index contributed by atoms with van der Waals surface area (Å²) in [6, 6.07) is 3.15. The molecule has 0 spiro atoms. The predicted octanol–water partition coefficient (Wildman–Crippen LogP) is 2.83. The van der Waals surface area contributed by atoms with E-state index < -0.39 is 18.6 Å². The van der Waals surface area contributed by atoms with Crippen LogP contribution >= 0.6 is 11.6 Å². The molecule has 1 aromatic rings. The van der Waals surface area contributed by atoms with Crippen molar-refractivity contribution in [1.82, 2.24) is 0 Å². The molecule has 0 amide bonds. The highest BCUT2D eigenvalue weighted by molar-refractivity contribution is 6.32. The van der Waals surface area contributed by atoms with Crippen molar-refractivity contribution < 1.29 is 23.4 Å². The zero-order valence-electron chi connectivity index (χ0n) is 8.78. The largest absolute Gasteiger partial charge is 0.480 e. The first-order chi connectivity index (χ1) is 7.90. The molecule has 0 saturated carbocycles. The number of benzene rings is 1. The number of aliphatic carboxylic acids is 1. The van der Waals surface area contributed by atoms with E-state index in [4.69, 9.17) is 16.7 Å². The Labute approximate surface area is 101 Å². The van der Waals surface area contributed by atoms with Crippen LogP contribution in [-0.2, 0) is 4.79 Å². The van der Waals surface area contributed by atoms with Gasteiger partial charge in [0.05, 0.1) is 5.02 Å². The monoisotopic (exact) mass is 265 g/mol. The number of carboxylic acid groups (broad SMARTS) is 1. The van der Waals surface area contributed by atoms with E-state index in [0.717, 1.165) is 0 Å². The number of hydrogen-bond donors (Lipinski definition) is 2. The minimum Gasteiger partial charge on any atom is -0.480 e. The van der Waals surface area contributed by atoms with Crippen LogP contribution < -0.4 is 10.1 Å². The van der Waals surface area contributed by atoms with Gasteiger partial charge in [-0.05, 0) is 25.1 Å². The van der Waals surface area contributed by atoms with E-state index in [0.29, 0.717) is 5.69 Å². The van der Waals surface area contributed by atoms with Crippen molar-refractivity contribution in [2.75, 3.05) is 5.32 Å². The molecule has 0 aliphatic rings. The standard InChI is InChI=1S/C10H10ClF2NO3/c1-5(9(15)16)14-6-2-3-8(7(11)4-6)17-10(12)13/h2-5,10,14H,1H3,(H,15,16). The number of nitrogens with one attached hydrogen (secondary N) is 1. The van der Waals surface area contributed by atoms with Gasteiger partial charge in [0, 0.05) is 5.69 Å². The van der Waals surface area contributed by atoms with Crippen LogP contribution in [0.2, 0.25) is 5.02 Å². The highest BCUT2D eigenvalue weighted by Gasteiger charge is 2.12. The lowest BCUT2D eigenvalue weighted by Gasteiger charge is -2.12. The molecule has 0 saturated heterocycles. The zero-order valence-corrected chi connectivity index (χ0v) is 9.54. The summed E-state index contributed by atoms with van der Waals surface area (Å²) >= 11 is 5.69. The lowest BCUT2D eigenvalue weighted by atomic mass is 10.2. The second-order valence-corrected chi connectivity index (χ2v) is 3.64. The number of rotatable bonds is 5. The van der Waals surface area contributed by atoms with E-state index in [1.165, 1.54) is 25.1 Å². The van der Waals surface area contributed by atoms with Gasteiger partial charge in [-0.2, -0.15) is 8.78 Å². The molecule has 1 unspecified atom stereocenters. The van der Waals surface area contributed by atoms with Crippen LogP contribution in [-0.4, -0.2) is 23.7 Å². The highest BCUT2D eigenvalue weighted by atomic mass is 35.5. The lowest BCUT2D eigenvalue weighted by Crippen LogP contribution is -2.25. The molecule has 0 radical (unpaired) electrons. The van der Waals surface area contributed by atoms with E-state index in [9.17, 15) is 13.6 Å². The van der Waals surface area contributed by atoms with Crippen LogP contribution in [0.4, 0.5) is 14.5 Å². The minimum atomic E-state index is -2.95. The fourth-order valence-electron chi connectivity index (χ4n) is 1.09. The molecule has 1 aromatic carbocycles. The maximum absolute atomic E-state index is 11.9. The second-order valence-electron chi connectivity index (χ2n) is 3.23. The van der Waals surface area contributed by atoms with Crippen molar-refractivity contribution in [2.24, 2.45) is 0 Å². The van der Waals surface area contributed by atoms with Gasteiger partial charge in [-0.25, -0.2) is 0 Å². The Balaban J connectivity index is 2.78. The van der Waals surface area contributed by atoms with Crippen LogP contribution in [0.3, 0.4) is 0 Å². The summed E-state index contributed by atoms with van der Waals surface area (Å²) in [5.41, 5.74) is 0.409. The summed E-state index contributed by atoms with van der Waals surface area (Å²) < 4.78 is 28.0. The third-order valence-corrected chi connectivity index (χ3v) is 2.20. The molecule has 0 aliphatic heterocycles. The molecule has 1 rings (SSSR count). The van der Waals surface area contributed by atoms with E-state index in [2.05, 4.69) is 10.1 Å². The number of alkyl halides is 2. The van der Waals surface area contributed by atoms with E-state index in [-0.39, 0.29) is 10.8 Å². The summed E-state index contributed by atoms with van der Waals surface area (Å²) in [7, 11) is 0. The van der Waals surface area contributed by atoms with Gasteiger partial charge in [0.2, 0.25) is 0 Å². The molecule has 0 aromatic heterocycles. The Bertz CT molecular complexity index is 415. The quantitative estimate of drug-likeness (QED) is 0.859. The number of ether oxygens (including phenoxy) is 1. The number of hydrogen-bond acceptors (Lipinski definition) is 3. The normalized spacial score (nSPS) is 12.3. The first-order valence-corrected chi connectivity index (χ1v) is 5.01. The van der Waals surface area contributed by atoms with Crippen molar-refractivity contribution in [3.8, 4) is 5.75 Å². The van der Waals surface area contributed by atoms with Crippen LogP contribution in [0.1, 0.15) is 6.92 Å². The highest BCUT2D eigenvalue weighted by Crippen LogP contribution is 2.29. The Morgan fingerprint density at radius 1 is 1.53 bits per heavy atom. The van der Waals surface area contributed by atoms with Gasteiger partial charge < -0.3 is 15.2 Å². The van der Waals surface area contributed by atoms with E-state index >= 15 is 0 Å². The van der Waals surface area contributed by atoms with Gasteiger partial charge in [-0.15, -0.1) is 0 Å². The average Bonchev–Trinajstić information content (AvgIpc) is 2.21. The number of carboxylic acids is 1. The third-order valence-electron chi connectivity index (χ3n) is 1.90. The van der Waals surface area contributed by atoms with Gasteiger partial charge in [0.25, 0.3) is 0 Å². The third kappa shape index (κ3) is 4.07. The Morgan fingerprint density at radius 3 is 2.65 bits per heavy atom. The van der Waals surface area contributed by atoms with Gasteiger partial charge in [-0.1, -0.05) is 11.6 Å². The first-order valence-electron chi connectivity index (χ1n) is 4.64. The predicted molar refractivity (Wildman–Crippen MR) is 58.8 cm³/mol. The summed E-state index contributed by atoms with van der Waals surface area (Å²) in [4.78, 5) is 10.6. The van der Waals surface area contributed by atoms with Crippen molar-refractivity contribution >= 4 is 23.3 Å². The topological polar surface area (TPSA) is 58.6 Å². The summed E-state index contributed by atoms with van der Waals surface area (Å²) in [5, 5.41) is 11.3. The molecule has 2 N–H and O–H groups in total. The Kier molecular flexibility index (Phi) is 4.51. The van der Waals surface area contributed by atoms with Crippen LogP contribution in [0, 0.1) is 0 Å². The molecule has 7 heteroatoms. The maximum atomic E-state index is 11.9. The van der Waals surface area contributed by atoms with Crippen molar-refractivity contribution in [2.45, 2.75) is 19.6 Å². The first kappa shape index (κ1) is 13.5. The summed E-state index contributed by atoms with van der Waals surface area (Å²) in [6.07, 6.45) is 0. The Hall–Kier alpha value is -1.56. The fourth-order valence-corrected chi connectivity index (χ4v) is 1.32. The smallest absolute Gasteiger partial charge is 0.387 e. The molecular formula is C10H10ClF2NO3. The van der Waals surface area contributed by atoms with Crippen molar-refractivity contribution in [3.05, 3.63) is 23.2 Å². The van der Waals surface area contributed by atoms with Gasteiger partial charge in [0.15, 0.2) is 0 Å². The second kappa shape index (κ2) is 5.67. The summed E-state index contributed by atoms with van der Waals surface area (Å²) in [5.74, 6) is -1.19. The number of carbonyl (C=O) groups is 1. The molecule has 17 heavy (non-hydrogen) atoms. The minimum absolute atomic E-state index is 0.0205. The number of anilines is 1. The average molecular weight is 266 g/mol. The Morgan fingerprint density at radius 2 is 2.18 bits per heavy atom. The maximum Gasteiger partial charge on any atom is 0.387 e. The SMILES string of the molecule is CC(Nc1ccc(OC(F)F)c(Cl)c1)C(=O)O. The lowest BCUT2D eigenvalue weighted by molar-refractivity contribution is -0.137. The van der Waals surface area contributed by atoms with Crippen molar-refractivity contribution in [3.63, 3.8) is 0 Å². The van der Waals surface area contributed by atoms with E-state index in [1.807, 2.05) is 0 Å². The summed E-state index contributed by atoms with van der Waals surface area (Å²) in [6.45, 7) is -1.51. The van der Waals surface area contributed by atoms with Crippen LogP contribution in [0.5, 0.6) is 5.75 Å². The molecule has 1 atom stereocenters. The molecule has 4 nitrogen and oxygen atoms in total. The van der Waals surface area contributed by atoms with Crippen molar-refractivity contribution in [1.29, 1.82) is 0 Å². The molecule has 94 valence electrons. The number of halogens is 3. The van der Waals surface area contributed by atoms with Crippen LogP contribution in [0.15, 0.2) is 18.2 Å². The zero-order chi connectivity index (χ0) is 13.0. The fraction of sp³-hybridized carbons (Fsp3) is 0.300. The van der Waals surface area contributed by atoms with Crippen LogP contribution in [0.25, 0.3) is 0 Å². The molecule has 0 bridgehead atoms. The molecule has 0 fully saturated rings. The molecular weight excluding hydrogens is 256 g/mol. The van der Waals surface area contributed by atoms with E-state index in [1.54, 1.807) is 0 Å². The van der Waals surface area contributed by atoms with Gasteiger partial charge >= 0.3 is 12.6 Å². The van der Waals surface area contributed by atoms with Gasteiger partial charge in [-0.3, -0.25) is 4.79 Å².